The molecule has 0 heterocycles. The molecule has 0 aromatic heterocycles. The van der Waals surface area contributed by atoms with Crippen LogP contribution in [0.5, 0.6) is 0 Å². The van der Waals surface area contributed by atoms with E-state index in [1.165, 1.54) is 51.4 Å². The van der Waals surface area contributed by atoms with Crippen LogP contribution in [-0.4, -0.2) is 41.5 Å². The molecule has 0 aliphatic carbocycles. The number of hydrogen-bond donors (Lipinski definition) is 1. The zero-order chi connectivity index (χ0) is 12.9. The van der Waals surface area contributed by atoms with Gasteiger partial charge in [-0.2, -0.15) is 0 Å². The van der Waals surface area contributed by atoms with Gasteiger partial charge in [-0.1, -0.05) is 58.3 Å². The Morgan fingerprint density at radius 1 is 1.00 bits per heavy atom. The molecule has 18 heavy (non-hydrogen) atoms. The van der Waals surface area contributed by atoms with Crippen molar-refractivity contribution < 1.29 is 4.79 Å². The van der Waals surface area contributed by atoms with Gasteiger partial charge in [0, 0.05) is 12.5 Å². The molecule has 2 nitrogen and oxygen atoms in total. The van der Waals surface area contributed by atoms with Gasteiger partial charge in [0.15, 0.2) is 0 Å². The first kappa shape index (κ1) is 20.8. The van der Waals surface area contributed by atoms with Crippen LogP contribution in [0.3, 0.4) is 0 Å². The van der Waals surface area contributed by atoms with Crippen molar-refractivity contribution in [3.63, 3.8) is 0 Å². The molecule has 3 heteroatoms. The van der Waals surface area contributed by atoms with Gasteiger partial charge in [-0.05, 0) is 20.3 Å². The van der Waals surface area contributed by atoms with Crippen molar-refractivity contribution in [2.45, 2.75) is 84.1 Å². The fraction of sp³-hybridized carbons (Fsp3) is 0.867. The van der Waals surface area contributed by atoms with E-state index in [9.17, 15) is 4.79 Å². The summed E-state index contributed by atoms with van der Waals surface area (Å²) in [4.78, 5) is 11.3. The van der Waals surface area contributed by atoms with Crippen molar-refractivity contribution in [1.29, 1.82) is 0 Å². The third-order valence-electron chi connectivity index (χ3n) is 2.91. The zero-order valence-corrected chi connectivity index (χ0v) is 11.8. The molecule has 1 amide bonds. The summed E-state index contributed by atoms with van der Waals surface area (Å²) in [5, 5.41) is 2.82. The molecule has 0 saturated carbocycles. The van der Waals surface area contributed by atoms with Crippen molar-refractivity contribution >= 4 is 35.5 Å². The van der Waals surface area contributed by atoms with E-state index in [0.717, 1.165) is 6.42 Å². The standard InChI is InChI=1S/C15H30NO.Na.H/c1-4-5-6-7-8-9-10-11-12-13-15(17)16-14(2)3;;/h14H,2,4-13H2,1,3H3,(H,16,17);;. The molecule has 1 atom stereocenters. The molecule has 0 aromatic rings. The molecule has 0 bridgehead atoms. The fourth-order valence-electron chi connectivity index (χ4n) is 1.94. The van der Waals surface area contributed by atoms with Gasteiger partial charge in [-0.25, -0.2) is 0 Å². The van der Waals surface area contributed by atoms with Crippen molar-refractivity contribution in [3.05, 3.63) is 6.92 Å². The minimum absolute atomic E-state index is 0. The summed E-state index contributed by atoms with van der Waals surface area (Å²) < 4.78 is 0. The van der Waals surface area contributed by atoms with E-state index in [1.807, 2.05) is 6.92 Å². The van der Waals surface area contributed by atoms with Gasteiger partial charge in [0.2, 0.25) is 5.91 Å². The molecule has 0 fully saturated rings. The second-order valence-electron chi connectivity index (χ2n) is 5.05. The fourth-order valence-corrected chi connectivity index (χ4v) is 1.94. The molecular weight excluding hydrogens is 233 g/mol. The van der Waals surface area contributed by atoms with Gasteiger partial charge in [-0.15, -0.1) is 0 Å². The van der Waals surface area contributed by atoms with Crippen LogP contribution in [0.25, 0.3) is 0 Å². The third-order valence-corrected chi connectivity index (χ3v) is 2.91. The Morgan fingerprint density at radius 3 is 1.89 bits per heavy atom. The maximum atomic E-state index is 11.3. The van der Waals surface area contributed by atoms with Gasteiger partial charge in [-0.3, -0.25) is 4.79 Å². The Morgan fingerprint density at radius 2 is 1.44 bits per heavy atom. The van der Waals surface area contributed by atoms with E-state index in [-0.39, 0.29) is 41.5 Å². The predicted octanol–water partition coefficient (Wildman–Crippen LogP) is 3.60. The number of hydrogen-bond acceptors (Lipinski definition) is 1. The number of rotatable bonds is 11. The summed E-state index contributed by atoms with van der Waals surface area (Å²) in [6.07, 6.45) is 12.3. The van der Waals surface area contributed by atoms with Crippen molar-refractivity contribution in [2.75, 3.05) is 0 Å². The van der Waals surface area contributed by atoms with Crippen molar-refractivity contribution in [1.82, 2.24) is 5.32 Å². The molecule has 1 N–H and O–H groups in total. The monoisotopic (exact) mass is 264 g/mol. The summed E-state index contributed by atoms with van der Waals surface area (Å²) in [7, 11) is 0. The molecule has 1 radical (unpaired) electrons. The Kier molecular flexibility index (Phi) is 17.9. The Bertz CT molecular complexity index is 183. The quantitative estimate of drug-likeness (QED) is 0.448. The van der Waals surface area contributed by atoms with Crippen LogP contribution in [-0.2, 0) is 4.79 Å². The van der Waals surface area contributed by atoms with Crippen molar-refractivity contribution in [2.24, 2.45) is 0 Å². The van der Waals surface area contributed by atoms with Gasteiger partial charge in [0.1, 0.15) is 0 Å². The molecule has 0 aliphatic heterocycles. The second-order valence-corrected chi connectivity index (χ2v) is 5.05. The molecule has 0 aliphatic rings. The molecule has 0 saturated heterocycles. The van der Waals surface area contributed by atoms with Gasteiger partial charge in [0.05, 0.1) is 0 Å². The van der Waals surface area contributed by atoms with Crippen LogP contribution in [0, 0.1) is 6.92 Å². The average molecular weight is 264 g/mol. The first-order chi connectivity index (χ1) is 8.16. The van der Waals surface area contributed by atoms with Crippen LogP contribution in [0.1, 0.15) is 78.1 Å². The number of carbonyl (C=O) groups is 1. The Labute approximate surface area is 136 Å². The van der Waals surface area contributed by atoms with Crippen LogP contribution < -0.4 is 5.32 Å². The topological polar surface area (TPSA) is 29.1 Å². The summed E-state index contributed by atoms with van der Waals surface area (Å²) >= 11 is 0. The van der Waals surface area contributed by atoms with E-state index in [0.29, 0.717) is 6.42 Å². The minimum atomic E-state index is 0. The van der Waals surface area contributed by atoms with Gasteiger partial charge in [0.25, 0.3) is 0 Å². The van der Waals surface area contributed by atoms with E-state index in [1.54, 1.807) is 0 Å². The zero-order valence-electron chi connectivity index (χ0n) is 11.8. The van der Waals surface area contributed by atoms with E-state index in [4.69, 9.17) is 0 Å². The number of carbonyl (C=O) groups excluding carboxylic acids is 1. The SMILES string of the molecule is [CH2]C(C)NC(=O)CCCCCCCCCCC.[NaH]. The van der Waals surface area contributed by atoms with Crippen LogP contribution in [0.15, 0.2) is 0 Å². The van der Waals surface area contributed by atoms with Crippen molar-refractivity contribution in [3.8, 4) is 0 Å². The van der Waals surface area contributed by atoms with Crippen LogP contribution in [0.2, 0.25) is 0 Å². The average Bonchev–Trinajstić information content (AvgIpc) is 2.26. The summed E-state index contributed by atoms with van der Waals surface area (Å²) in [5.41, 5.74) is 0. The molecule has 1 unspecified atom stereocenters. The maximum absolute atomic E-state index is 11.3. The second kappa shape index (κ2) is 15.5. The van der Waals surface area contributed by atoms with Gasteiger partial charge >= 0.3 is 29.6 Å². The molecule has 0 rings (SSSR count). The summed E-state index contributed by atoms with van der Waals surface area (Å²) in [6, 6.07) is 0.0288. The van der Waals surface area contributed by atoms with E-state index < -0.39 is 0 Å². The van der Waals surface area contributed by atoms with E-state index in [2.05, 4.69) is 19.2 Å². The van der Waals surface area contributed by atoms with E-state index >= 15 is 0 Å². The molecule has 0 aromatic carbocycles. The first-order valence-electron chi connectivity index (χ1n) is 7.29. The van der Waals surface area contributed by atoms with Crippen LogP contribution in [0.4, 0.5) is 0 Å². The molecule has 103 valence electrons. The third kappa shape index (κ3) is 16.5. The summed E-state index contributed by atoms with van der Waals surface area (Å²) in [6.45, 7) is 7.88. The Hall–Kier alpha value is 0.470. The van der Waals surface area contributed by atoms with Crippen LogP contribution >= 0.6 is 0 Å². The normalized spacial score (nSPS) is 10.2. The first-order valence-corrected chi connectivity index (χ1v) is 7.29. The summed E-state index contributed by atoms with van der Waals surface area (Å²) in [5.74, 6) is 0.149. The molecular formula is C15H31NNaO. The molecule has 0 spiro atoms. The number of amides is 1. The number of nitrogens with one attached hydrogen (secondary N) is 1. The predicted molar refractivity (Wildman–Crippen MR) is 82.0 cm³/mol. The number of unbranched alkanes of at least 4 members (excludes halogenated alkanes) is 8. The Balaban J connectivity index is 0. The van der Waals surface area contributed by atoms with Gasteiger partial charge < -0.3 is 5.32 Å².